The maximum Gasteiger partial charge on any atom is 0.228 e. The summed E-state index contributed by atoms with van der Waals surface area (Å²) in [6, 6.07) is 9.80. The second kappa shape index (κ2) is 5.56. The molecule has 20 heavy (non-hydrogen) atoms. The summed E-state index contributed by atoms with van der Waals surface area (Å²) in [6.45, 7) is 2.04. The topological polar surface area (TPSA) is 64.9 Å². The van der Waals surface area contributed by atoms with E-state index in [1.807, 2.05) is 42.6 Å². The molecule has 102 valence electrons. The van der Waals surface area contributed by atoms with E-state index in [-0.39, 0.29) is 6.04 Å². The number of nitrogens with two attached hydrogens (primary N) is 1. The highest BCUT2D eigenvalue weighted by Crippen LogP contribution is 2.25. The molecule has 2 N–H and O–H groups in total. The molecule has 0 fully saturated rings. The molecule has 0 saturated heterocycles. The van der Waals surface area contributed by atoms with E-state index in [0.717, 1.165) is 16.7 Å². The van der Waals surface area contributed by atoms with Crippen LogP contribution in [0.5, 0.6) is 0 Å². The van der Waals surface area contributed by atoms with Crippen LogP contribution in [-0.4, -0.2) is 10.1 Å². The molecule has 1 atom stereocenters. The van der Waals surface area contributed by atoms with Gasteiger partial charge in [-0.15, -0.1) is 0 Å². The number of nitrogens with zero attached hydrogens (tertiary/aromatic N) is 2. The van der Waals surface area contributed by atoms with Crippen molar-refractivity contribution in [2.24, 2.45) is 5.73 Å². The van der Waals surface area contributed by atoms with Gasteiger partial charge in [-0.2, -0.15) is 16.3 Å². The molecule has 1 unspecified atom stereocenters. The molecule has 1 aromatic carbocycles. The van der Waals surface area contributed by atoms with Crippen LogP contribution in [-0.2, 0) is 6.42 Å². The Balaban J connectivity index is 1.77. The molecular formula is C15H15N3OS. The van der Waals surface area contributed by atoms with E-state index in [9.17, 15) is 0 Å². The van der Waals surface area contributed by atoms with Crippen molar-refractivity contribution in [3.8, 4) is 11.4 Å². The Kier molecular flexibility index (Phi) is 3.62. The summed E-state index contributed by atoms with van der Waals surface area (Å²) < 4.78 is 5.30. The summed E-state index contributed by atoms with van der Waals surface area (Å²) in [5.74, 6) is 1.21. The number of hydrogen-bond acceptors (Lipinski definition) is 5. The molecule has 2 heterocycles. The van der Waals surface area contributed by atoms with Crippen molar-refractivity contribution >= 4 is 11.3 Å². The first-order chi connectivity index (χ1) is 9.74. The third-order valence-electron chi connectivity index (χ3n) is 3.19. The number of thiophene rings is 1. The Bertz CT molecular complexity index is 690. The highest BCUT2D eigenvalue weighted by Gasteiger charge is 2.15. The third-order valence-corrected chi connectivity index (χ3v) is 4.05. The number of hydrogen-bond donors (Lipinski definition) is 1. The third kappa shape index (κ3) is 2.64. The lowest BCUT2D eigenvalue weighted by Gasteiger charge is -2.08. The average Bonchev–Trinajstić information content (AvgIpc) is 3.08. The van der Waals surface area contributed by atoms with Gasteiger partial charge in [0.25, 0.3) is 0 Å². The second-order valence-electron chi connectivity index (χ2n) is 4.70. The van der Waals surface area contributed by atoms with Crippen molar-refractivity contribution in [1.29, 1.82) is 0 Å². The predicted octanol–water partition coefficient (Wildman–Crippen LogP) is 3.35. The lowest BCUT2D eigenvalue weighted by Crippen LogP contribution is -2.13. The maximum absolute atomic E-state index is 6.16. The SMILES string of the molecule is Cc1cscc1-c1noc(CC(N)c2ccccc2)n1. The smallest absolute Gasteiger partial charge is 0.228 e. The van der Waals surface area contributed by atoms with E-state index in [0.29, 0.717) is 18.1 Å². The Hall–Kier alpha value is -1.98. The molecular weight excluding hydrogens is 270 g/mol. The van der Waals surface area contributed by atoms with Crippen LogP contribution in [0.3, 0.4) is 0 Å². The number of rotatable bonds is 4. The standard InChI is InChI=1S/C15H15N3OS/c1-10-8-20-9-12(10)15-17-14(19-18-15)7-13(16)11-5-3-2-4-6-11/h2-6,8-9,13H,7,16H2,1H3. The summed E-state index contributed by atoms with van der Waals surface area (Å²) in [5.41, 5.74) is 9.42. The molecule has 0 radical (unpaired) electrons. The van der Waals surface area contributed by atoms with Gasteiger partial charge in [-0.05, 0) is 23.4 Å². The number of aromatic nitrogens is 2. The van der Waals surface area contributed by atoms with Crippen LogP contribution < -0.4 is 5.73 Å². The van der Waals surface area contributed by atoms with Crippen molar-refractivity contribution in [3.63, 3.8) is 0 Å². The number of aryl methyl sites for hydroxylation is 1. The van der Waals surface area contributed by atoms with Gasteiger partial charge in [0.2, 0.25) is 11.7 Å². The van der Waals surface area contributed by atoms with Gasteiger partial charge in [0, 0.05) is 23.4 Å². The summed E-state index contributed by atoms with van der Waals surface area (Å²) in [7, 11) is 0. The lowest BCUT2D eigenvalue weighted by atomic mass is 10.1. The summed E-state index contributed by atoms with van der Waals surface area (Å²) >= 11 is 1.63. The molecule has 3 rings (SSSR count). The van der Waals surface area contributed by atoms with Crippen LogP contribution in [0.15, 0.2) is 45.6 Å². The van der Waals surface area contributed by atoms with E-state index < -0.39 is 0 Å². The van der Waals surface area contributed by atoms with Crippen LogP contribution in [0.25, 0.3) is 11.4 Å². The van der Waals surface area contributed by atoms with E-state index in [2.05, 4.69) is 15.5 Å². The first-order valence-electron chi connectivity index (χ1n) is 6.40. The van der Waals surface area contributed by atoms with Gasteiger partial charge in [-0.3, -0.25) is 0 Å². The average molecular weight is 285 g/mol. The maximum atomic E-state index is 6.16. The summed E-state index contributed by atoms with van der Waals surface area (Å²) in [6.07, 6.45) is 0.542. The first kappa shape index (κ1) is 13.0. The van der Waals surface area contributed by atoms with Crippen molar-refractivity contribution in [3.05, 3.63) is 58.1 Å². The fourth-order valence-corrected chi connectivity index (χ4v) is 2.87. The number of benzene rings is 1. The van der Waals surface area contributed by atoms with Gasteiger partial charge < -0.3 is 10.3 Å². The van der Waals surface area contributed by atoms with Gasteiger partial charge in [0.15, 0.2) is 0 Å². The Morgan fingerprint density at radius 2 is 2.05 bits per heavy atom. The Morgan fingerprint density at radius 1 is 1.25 bits per heavy atom. The van der Waals surface area contributed by atoms with Crippen LogP contribution >= 0.6 is 11.3 Å². The highest BCUT2D eigenvalue weighted by atomic mass is 32.1. The van der Waals surface area contributed by atoms with Crippen molar-refractivity contribution in [2.45, 2.75) is 19.4 Å². The Morgan fingerprint density at radius 3 is 2.75 bits per heavy atom. The zero-order chi connectivity index (χ0) is 13.9. The van der Waals surface area contributed by atoms with E-state index in [1.54, 1.807) is 11.3 Å². The molecule has 0 bridgehead atoms. The molecule has 2 aromatic heterocycles. The van der Waals surface area contributed by atoms with Crippen molar-refractivity contribution in [2.75, 3.05) is 0 Å². The molecule has 0 aliphatic heterocycles. The first-order valence-corrected chi connectivity index (χ1v) is 7.34. The fraction of sp³-hybridized carbons (Fsp3) is 0.200. The van der Waals surface area contributed by atoms with Crippen molar-refractivity contribution in [1.82, 2.24) is 10.1 Å². The van der Waals surface area contributed by atoms with E-state index in [4.69, 9.17) is 10.3 Å². The largest absolute Gasteiger partial charge is 0.339 e. The van der Waals surface area contributed by atoms with Gasteiger partial charge in [-0.1, -0.05) is 35.5 Å². The minimum atomic E-state index is -0.131. The van der Waals surface area contributed by atoms with Gasteiger partial charge in [-0.25, -0.2) is 0 Å². The quantitative estimate of drug-likeness (QED) is 0.798. The molecule has 0 saturated carbocycles. The highest BCUT2D eigenvalue weighted by molar-refractivity contribution is 7.08. The van der Waals surface area contributed by atoms with Crippen LogP contribution in [0.1, 0.15) is 23.1 Å². The minimum Gasteiger partial charge on any atom is -0.339 e. The molecule has 0 spiro atoms. The second-order valence-corrected chi connectivity index (χ2v) is 5.45. The molecule has 0 amide bonds. The van der Waals surface area contributed by atoms with Crippen LogP contribution in [0.2, 0.25) is 0 Å². The molecule has 5 heteroatoms. The fourth-order valence-electron chi connectivity index (χ4n) is 2.04. The zero-order valence-electron chi connectivity index (χ0n) is 11.1. The van der Waals surface area contributed by atoms with Gasteiger partial charge >= 0.3 is 0 Å². The molecule has 3 aromatic rings. The molecule has 0 aliphatic rings. The normalized spacial score (nSPS) is 12.5. The van der Waals surface area contributed by atoms with Crippen molar-refractivity contribution < 1.29 is 4.52 Å². The predicted molar refractivity (Wildman–Crippen MR) is 79.4 cm³/mol. The monoisotopic (exact) mass is 285 g/mol. The van der Waals surface area contributed by atoms with Gasteiger partial charge in [0.05, 0.1) is 0 Å². The van der Waals surface area contributed by atoms with E-state index >= 15 is 0 Å². The van der Waals surface area contributed by atoms with E-state index in [1.165, 1.54) is 0 Å². The lowest BCUT2D eigenvalue weighted by molar-refractivity contribution is 0.370. The molecule has 4 nitrogen and oxygen atoms in total. The van der Waals surface area contributed by atoms with Gasteiger partial charge in [0.1, 0.15) is 0 Å². The summed E-state index contributed by atoms with van der Waals surface area (Å²) in [5, 5.41) is 8.13. The molecule has 0 aliphatic carbocycles. The van der Waals surface area contributed by atoms with Crippen LogP contribution in [0.4, 0.5) is 0 Å². The Labute approximate surface area is 121 Å². The minimum absolute atomic E-state index is 0.131. The summed E-state index contributed by atoms with van der Waals surface area (Å²) in [4.78, 5) is 4.43. The van der Waals surface area contributed by atoms with Crippen LogP contribution in [0, 0.1) is 6.92 Å². The zero-order valence-corrected chi connectivity index (χ0v) is 11.9.